The summed E-state index contributed by atoms with van der Waals surface area (Å²) >= 11 is 0. The second kappa shape index (κ2) is 8.44. The van der Waals surface area contributed by atoms with Gasteiger partial charge in [0, 0.05) is 12.1 Å². The highest BCUT2D eigenvalue weighted by molar-refractivity contribution is 5.81. The number of aliphatic hydroxyl groups excluding tert-OH is 1. The highest BCUT2D eigenvalue weighted by atomic mass is 16.5. The molecule has 0 saturated carbocycles. The minimum atomic E-state index is -0.202. The summed E-state index contributed by atoms with van der Waals surface area (Å²) in [4.78, 5) is 11.7. The van der Waals surface area contributed by atoms with Gasteiger partial charge in [0.2, 0.25) is 5.91 Å². The maximum absolute atomic E-state index is 11.7. The SMILES string of the molecule is CC(NCCCOCCO)C(=O)NC(C)(C)C. The third kappa shape index (κ3) is 10.2. The van der Waals surface area contributed by atoms with Crippen LogP contribution in [0.15, 0.2) is 0 Å². The summed E-state index contributed by atoms with van der Waals surface area (Å²) in [6, 6.07) is -0.202. The van der Waals surface area contributed by atoms with Crippen molar-refractivity contribution in [3.63, 3.8) is 0 Å². The highest BCUT2D eigenvalue weighted by Crippen LogP contribution is 1.99. The summed E-state index contributed by atoms with van der Waals surface area (Å²) in [6.45, 7) is 9.47. The Balaban J connectivity index is 3.58. The molecule has 5 nitrogen and oxygen atoms in total. The summed E-state index contributed by atoms with van der Waals surface area (Å²) in [5.41, 5.74) is -0.197. The standard InChI is InChI=1S/C12H26N2O3/c1-10(11(16)14-12(2,3)4)13-6-5-8-17-9-7-15/h10,13,15H,5-9H2,1-4H3,(H,14,16). The molecule has 0 aliphatic rings. The van der Waals surface area contributed by atoms with Crippen LogP contribution >= 0.6 is 0 Å². The zero-order chi connectivity index (χ0) is 13.3. The number of hydrogen-bond acceptors (Lipinski definition) is 4. The van der Waals surface area contributed by atoms with Gasteiger partial charge < -0.3 is 20.5 Å². The lowest BCUT2D eigenvalue weighted by molar-refractivity contribution is -0.124. The number of ether oxygens (including phenoxy) is 1. The van der Waals surface area contributed by atoms with Gasteiger partial charge in [-0.2, -0.15) is 0 Å². The third-order valence-electron chi connectivity index (χ3n) is 2.04. The molecule has 102 valence electrons. The smallest absolute Gasteiger partial charge is 0.237 e. The predicted octanol–water partition coefficient (Wildman–Crippen LogP) is 0.278. The topological polar surface area (TPSA) is 70.6 Å². The van der Waals surface area contributed by atoms with E-state index >= 15 is 0 Å². The predicted molar refractivity (Wildman–Crippen MR) is 67.9 cm³/mol. The van der Waals surface area contributed by atoms with Crippen molar-refractivity contribution in [2.75, 3.05) is 26.4 Å². The number of hydrogen-bond donors (Lipinski definition) is 3. The average molecular weight is 246 g/mol. The van der Waals surface area contributed by atoms with Crippen molar-refractivity contribution in [1.82, 2.24) is 10.6 Å². The third-order valence-corrected chi connectivity index (χ3v) is 2.04. The van der Waals surface area contributed by atoms with E-state index in [0.29, 0.717) is 13.2 Å². The lowest BCUT2D eigenvalue weighted by Crippen LogP contribution is -2.49. The molecule has 0 aliphatic heterocycles. The van der Waals surface area contributed by atoms with Crippen LogP contribution in [0.3, 0.4) is 0 Å². The lowest BCUT2D eigenvalue weighted by atomic mass is 10.1. The van der Waals surface area contributed by atoms with Gasteiger partial charge in [-0.1, -0.05) is 0 Å². The van der Waals surface area contributed by atoms with Crippen molar-refractivity contribution >= 4 is 5.91 Å². The molecule has 0 fully saturated rings. The number of carbonyl (C=O) groups excluding carboxylic acids is 1. The van der Waals surface area contributed by atoms with Crippen molar-refractivity contribution in [2.24, 2.45) is 0 Å². The van der Waals surface area contributed by atoms with Crippen molar-refractivity contribution in [1.29, 1.82) is 0 Å². The zero-order valence-corrected chi connectivity index (χ0v) is 11.4. The van der Waals surface area contributed by atoms with Gasteiger partial charge in [-0.15, -0.1) is 0 Å². The number of carbonyl (C=O) groups is 1. The molecule has 1 atom stereocenters. The Morgan fingerprint density at radius 3 is 2.53 bits per heavy atom. The molecule has 3 N–H and O–H groups in total. The molecule has 0 aromatic rings. The fourth-order valence-electron chi connectivity index (χ4n) is 1.23. The molecule has 0 aliphatic carbocycles. The van der Waals surface area contributed by atoms with E-state index in [2.05, 4.69) is 10.6 Å². The molecule has 0 heterocycles. The Morgan fingerprint density at radius 1 is 1.35 bits per heavy atom. The number of rotatable bonds is 8. The molecule has 17 heavy (non-hydrogen) atoms. The van der Waals surface area contributed by atoms with Gasteiger partial charge in [0.05, 0.1) is 19.3 Å². The first-order chi connectivity index (χ1) is 7.87. The van der Waals surface area contributed by atoms with E-state index in [9.17, 15) is 4.79 Å². The first kappa shape index (κ1) is 16.4. The van der Waals surface area contributed by atoms with Gasteiger partial charge in [-0.25, -0.2) is 0 Å². The normalized spacial score (nSPS) is 13.5. The average Bonchev–Trinajstić information content (AvgIpc) is 2.20. The number of amides is 1. The van der Waals surface area contributed by atoms with E-state index in [4.69, 9.17) is 9.84 Å². The maximum Gasteiger partial charge on any atom is 0.237 e. The van der Waals surface area contributed by atoms with Gasteiger partial charge in [-0.3, -0.25) is 4.79 Å². The summed E-state index contributed by atoms with van der Waals surface area (Å²) < 4.78 is 5.12. The van der Waals surface area contributed by atoms with Crippen molar-refractivity contribution in [2.45, 2.75) is 45.7 Å². The Morgan fingerprint density at radius 2 is 2.00 bits per heavy atom. The van der Waals surface area contributed by atoms with Crippen molar-refractivity contribution in [3.8, 4) is 0 Å². The molecule has 1 amide bonds. The van der Waals surface area contributed by atoms with E-state index in [1.54, 1.807) is 0 Å². The Labute approximate surface area is 104 Å². The largest absolute Gasteiger partial charge is 0.394 e. The molecule has 0 aromatic carbocycles. The second-order valence-electron chi connectivity index (χ2n) is 5.10. The van der Waals surface area contributed by atoms with E-state index in [1.807, 2.05) is 27.7 Å². The monoisotopic (exact) mass is 246 g/mol. The van der Waals surface area contributed by atoms with Crippen LogP contribution in [0.2, 0.25) is 0 Å². The minimum absolute atomic E-state index is 0.00813. The molecule has 0 rings (SSSR count). The fraction of sp³-hybridized carbons (Fsp3) is 0.917. The van der Waals surface area contributed by atoms with Crippen LogP contribution in [0.25, 0.3) is 0 Å². The van der Waals surface area contributed by atoms with Crippen LogP contribution in [0.5, 0.6) is 0 Å². The molecule has 0 saturated heterocycles. The summed E-state index contributed by atoms with van der Waals surface area (Å²) in [5.74, 6) is 0.00813. The Kier molecular flexibility index (Phi) is 8.12. The van der Waals surface area contributed by atoms with Gasteiger partial charge in [0.25, 0.3) is 0 Å². The molecule has 1 unspecified atom stereocenters. The summed E-state index contributed by atoms with van der Waals surface area (Å²) in [6.07, 6.45) is 0.827. The van der Waals surface area contributed by atoms with Crippen LogP contribution in [-0.2, 0) is 9.53 Å². The van der Waals surface area contributed by atoms with Crippen LogP contribution < -0.4 is 10.6 Å². The molecule has 5 heteroatoms. The van der Waals surface area contributed by atoms with Crippen LogP contribution in [-0.4, -0.2) is 49.0 Å². The highest BCUT2D eigenvalue weighted by Gasteiger charge is 2.18. The fourth-order valence-corrected chi connectivity index (χ4v) is 1.23. The van der Waals surface area contributed by atoms with Gasteiger partial charge in [-0.05, 0) is 40.7 Å². The number of nitrogens with one attached hydrogen (secondary N) is 2. The van der Waals surface area contributed by atoms with E-state index < -0.39 is 0 Å². The number of aliphatic hydroxyl groups is 1. The van der Waals surface area contributed by atoms with Crippen LogP contribution in [0, 0.1) is 0 Å². The quantitative estimate of drug-likeness (QED) is 0.538. The maximum atomic E-state index is 11.7. The molecule has 0 bridgehead atoms. The minimum Gasteiger partial charge on any atom is -0.394 e. The van der Waals surface area contributed by atoms with Gasteiger partial charge in [0.15, 0.2) is 0 Å². The van der Waals surface area contributed by atoms with Gasteiger partial charge in [0.1, 0.15) is 0 Å². The molecule has 0 aromatic heterocycles. The van der Waals surface area contributed by atoms with Crippen molar-refractivity contribution in [3.05, 3.63) is 0 Å². The molecular formula is C12H26N2O3. The zero-order valence-electron chi connectivity index (χ0n) is 11.4. The van der Waals surface area contributed by atoms with E-state index in [0.717, 1.165) is 13.0 Å². The van der Waals surface area contributed by atoms with E-state index in [1.165, 1.54) is 0 Å². The first-order valence-electron chi connectivity index (χ1n) is 6.11. The summed E-state index contributed by atoms with van der Waals surface area (Å²) in [7, 11) is 0. The first-order valence-corrected chi connectivity index (χ1v) is 6.11. The second-order valence-corrected chi connectivity index (χ2v) is 5.10. The Bertz CT molecular complexity index is 214. The lowest BCUT2D eigenvalue weighted by Gasteiger charge is -2.23. The summed E-state index contributed by atoms with van der Waals surface area (Å²) in [5, 5.41) is 14.5. The van der Waals surface area contributed by atoms with E-state index in [-0.39, 0.29) is 24.1 Å². The van der Waals surface area contributed by atoms with Gasteiger partial charge >= 0.3 is 0 Å². The molecular weight excluding hydrogens is 220 g/mol. The Hall–Kier alpha value is -0.650. The van der Waals surface area contributed by atoms with Crippen LogP contribution in [0.4, 0.5) is 0 Å². The molecule has 0 radical (unpaired) electrons. The van der Waals surface area contributed by atoms with Crippen LogP contribution in [0.1, 0.15) is 34.1 Å². The molecule has 0 spiro atoms. The van der Waals surface area contributed by atoms with Crippen molar-refractivity contribution < 1.29 is 14.6 Å².